The van der Waals surface area contributed by atoms with Crippen LogP contribution in [0.25, 0.3) is 0 Å². The predicted molar refractivity (Wildman–Crippen MR) is 95.0 cm³/mol. The third kappa shape index (κ3) is 4.06. The Kier molecular flexibility index (Phi) is 5.36. The highest BCUT2D eigenvalue weighted by atomic mass is 35.5. The molecule has 3 rings (SSSR count). The largest absolute Gasteiger partial charge is 0.367 e. The van der Waals surface area contributed by atoms with Crippen molar-refractivity contribution in [2.24, 2.45) is 0 Å². The van der Waals surface area contributed by atoms with Gasteiger partial charge in [-0.3, -0.25) is 4.79 Å². The second kappa shape index (κ2) is 7.67. The fraction of sp³-hybridized carbons (Fsp3) is 0.316. The lowest BCUT2D eigenvalue weighted by Gasteiger charge is -2.36. The molecule has 2 aromatic rings. The first-order valence-electron chi connectivity index (χ1n) is 8.15. The first-order chi connectivity index (χ1) is 11.6. The van der Waals surface area contributed by atoms with E-state index >= 15 is 0 Å². The van der Waals surface area contributed by atoms with Crippen LogP contribution < -0.4 is 4.90 Å². The summed E-state index contributed by atoms with van der Waals surface area (Å²) < 4.78 is 13.2. The van der Waals surface area contributed by atoms with Gasteiger partial charge in [0, 0.05) is 32.6 Å². The minimum Gasteiger partial charge on any atom is -0.367 e. The quantitative estimate of drug-likeness (QED) is 0.841. The van der Waals surface area contributed by atoms with E-state index in [2.05, 4.69) is 4.90 Å². The first kappa shape index (κ1) is 16.8. The number of anilines is 1. The van der Waals surface area contributed by atoms with Gasteiger partial charge in [0.05, 0.1) is 10.7 Å². The molecule has 0 bridgehead atoms. The van der Waals surface area contributed by atoms with Crippen molar-refractivity contribution >= 4 is 23.2 Å². The molecule has 1 heterocycles. The number of rotatable bonds is 4. The van der Waals surface area contributed by atoms with Crippen molar-refractivity contribution < 1.29 is 9.18 Å². The van der Waals surface area contributed by atoms with E-state index in [9.17, 15) is 9.18 Å². The van der Waals surface area contributed by atoms with Crippen LogP contribution in [0.2, 0.25) is 5.02 Å². The highest BCUT2D eigenvalue weighted by Crippen LogP contribution is 2.26. The lowest BCUT2D eigenvalue weighted by atomic mass is 10.1. The number of hydrogen-bond donors (Lipinski definition) is 0. The van der Waals surface area contributed by atoms with E-state index in [1.165, 1.54) is 12.1 Å². The molecule has 0 spiro atoms. The molecule has 0 aliphatic carbocycles. The minimum absolute atomic E-state index is 0.123. The van der Waals surface area contributed by atoms with Gasteiger partial charge < -0.3 is 9.80 Å². The van der Waals surface area contributed by atoms with Gasteiger partial charge in [-0.25, -0.2) is 4.39 Å². The molecule has 1 saturated heterocycles. The Morgan fingerprint density at radius 3 is 2.50 bits per heavy atom. The van der Waals surface area contributed by atoms with Gasteiger partial charge >= 0.3 is 0 Å². The molecule has 24 heavy (non-hydrogen) atoms. The zero-order valence-electron chi connectivity index (χ0n) is 13.4. The molecule has 3 nitrogen and oxygen atoms in total. The molecule has 126 valence electrons. The average molecular weight is 347 g/mol. The van der Waals surface area contributed by atoms with Gasteiger partial charge in [-0.15, -0.1) is 0 Å². The normalized spacial score (nSPS) is 14.8. The van der Waals surface area contributed by atoms with E-state index < -0.39 is 0 Å². The molecule has 2 aromatic carbocycles. The van der Waals surface area contributed by atoms with Crippen molar-refractivity contribution in [3.63, 3.8) is 0 Å². The molecule has 1 amide bonds. The maximum Gasteiger partial charge on any atom is 0.223 e. The standard InChI is InChI=1S/C19H20ClFN2O/c20-17-6-1-2-7-18(17)22-10-12-23(13-11-22)19(24)9-8-15-4-3-5-16(21)14-15/h1-7,14H,8-13H2. The second-order valence-electron chi connectivity index (χ2n) is 5.95. The first-order valence-corrected chi connectivity index (χ1v) is 8.53. The Hall–Kier alpha value is -2.07. The number of nitrogens with zero attached hydrogens (tertiary/aromatic N) is 2. The summed E-state index contributed by atoms with van der Waals surface area (Å²) in [6.45, 7) is 2.92. The SMILES string of the molecule is O=C(CCc1cccc(F)c1)N1CCN(c2ccccc2Cl)CC1. The Labute approximate surface area is 146 Å². The molecule has 1 aliphatic heterocycles. The summed E-state index contributed by atoms with van der Waals surface area (Å²) in [4.78, 5) is 16.4. The maximum absolute atomic E-state index is 13.2. The second-order valence-corrected chi connectivity index (χ2v) is 6.36. The van der Waals surface area contributed by atoms with Crippen molar-refractivity contribution in [2.75, 3.05) is 31.1 Å². The number of hydrogen-bond acceptors (Lipinski definition) is 2. The zero-order chi connectivity index (χ0) is 16.9. The van der Waals surface area contributed by atoms with Crippen LogP contribution in [0.4, 0.5) is 10.1 Å². The summed E-state index contributed by atoms with van der Waals surface area (Å²) in [6, 6.07) is 14.2. The molecule has 0 N–H and O–H groups in total. The fourth-order valence-corrected chi connectivity index (χ4v) is 3.26. The summed E-state index contributed by atoms with van der Waals surface area (Å²) in [5.74, 6) is -0.133. The van der Waals surface area contributed by atoms with Crippen LogP contribution in [0.5, 0.6) is 0 Å². The molecule has 1 aliphatic rings. The maximum atomic E-state index is 13.2. The fourth-order valence-electron chi connectivity index (χ4n) is 3.01. The van der Waals surface area contributed by atoms with E-state index in [-0.39, 0.29) is 11.7 Å². The zero-order valence-corrected chi connectivity index (χ0v) is 14.2. The van der Waals surface area contributed by atoms with Crippen LogP contribution in [0.1, 0.15) is 12.0 Å². The van der Waals surface area contributed by atoms with E-state index in [1.807, 2.05) is 35.2 Å². The van der Waals surface area contributed by atoms with Gasteiger partial charge in [0.15, 0.2) is 0 Å². The van der Waals surface area contributed by atoms with Crippen LogP contribution in [0.15, 0.2) is 48.5 Å². The van der Waals surface area contributed by atoms with E-state index in [0.29, 0.717) is 25.9 Å². The molecule has 0 radical (unpaired) electrons. The van der Waals surface area contributed by atoms with Gasteiger partial charge in [-0.2, -0.15) is 0 Å². The number of amides is 1. The van der Waals surface area contributed by atoms with Gasteiger partial charge in [-0.1, -0.05) is 35.9 Å². The number of piperazine rings is 1. The van der Waals surface area contributed by atoms with Crippen LogP contribution in [0.3, 0.4) is 0 Å². The highest BCUT2D eigenvalue weighted by molar-refractivity contribution is 6.33. The molecule has 0 atom stereocenters. The van der Waals surface area contributed by atoms with Crippen molar-refractivity contribution in [3.05, 3.63) is 64.9 Å². The summed E-state index contributed by atoms with van der Waals surface area (Å²) in [5, 5.41) is 0.739. The number of aryl methyl sites for hydroxylation is 1. The minimum atomic E-state index is -0.256. The predicted octanol–water partition coefficient (Wildman–Crippen LogP) is 3.76. The molecular formula is C19H20ClFN2O. The summed E-state index contributed by atoms with van der Waals surface area (Å²) in [7, 11) is 0. The Morgan fingerprint density at radius 1 is 1.04 bits per heavy atom. The number of carbonyl (C=O) groups is 1. The summed E-state index contributed by atoms with van der Waals surface area (Å²) in [5.41, 5.74) is 1.88. The molecule has 0 aromatic heterocycles. The van der Waals surface area contributed by atoms with Crippen molar-refractivity contribution in [1.82, 2.24) is 4.90 Å². The summed E-state index contributed by atoms with van der Waals surface area (Å²) >= 11 is 6.23. The number of benzene rings is 2. The molecule has 5 heteroatoms. The number of halogens is 2. The van der Waals surface area contributed by atoms with Crippen molar-refractivity contribution in [2.45, 2.75) is 12.8 Å². The monoisotopic (exact) mass is 346 g/mol. The highest BCUT2D eigenvalue weighted by Gasteiger charge is 2.22. The lowest BCUT2D eigenvalue weighted by molar-refractivity contribution is -0.131. The van der Waals surface area contributed by atoms with Crippen molar-refractivity contribution in [3.8, 4) is 0 Å². The van der Waals surface area contributed by atoms with Gasteiger partial charge in [-0.05, 0) is 36.2 Å². The topological polar surface area (TPSA) is 23.6 Å². The number of carbonyl (C=O) groups excluding carboxylic acids is 1. The molecule has 0 saturated carbocycles. The number of para-hydroxylation sites is 1. The third-order valence-corrected chi connectivity index (χ3v) is 4.66. The average Bonchev–Trinajstić information content (AvgIpc) is 2.60. The Bertz CT molecular complexity index is 714. The van der Waals surface area contributed by atoms with Gasteiger partial charge in [0.1, 0.15) is 5.82 Å². The molecule has 0 unspecified atom stereocenters. The van der Waals surface area contributed by atoms with Gasteiger partial charge in [0.2, 0.25) is 5.91 Å². The summed E-state index contributed by atoms with van der Waals surface area (Å²) in [6.07, 6.45) is 0.983. The van der Waals surface area contributed by atoms with Crippen molar-refractivity contribution in [1.29, 1.82) is 0 Å². The van der Waals surface area contributed by atoms with E-state index in [4.69, 9.17) is 11.6 Å². The van der Waals surface area contributed by atoms with Crippen LogP contribution in [-0.2, 0) is 11.2 Å². The molecular weight excluding hydrogens is 327 g/mol. The van der Waals surface area contributed by atoms with Gasteiger partial charge in [0.25, 0.3) is 0 Å². The van der Waals surface area contributed by atoms with Crippen LogP contribution in [0, 0.1) is 5.82 Å². The third-order valence-electron chi connectivity index (χ3n) is 4.34. The Morgan fingerprint density at radius 2 is 1.79 bits per heavy atom. The van der Waals surface area contributed by atoms with Crippen LogP contribution in [-0.4, -0.2) is 37.0 Å². The Balaban J connectivity index is 1.51. The molecule has 1 fully saturated rings. The van der Waals surface area contributed by atoms with E-state index in [1.54, 1.807) is 6.07 Å². The van der Waals surface area contributed by atoms with Crippen LogP contribution >= 0.6 is 11.6 Å². The lowest BCUT2D eigenvalue weighted by Crippen LogP contribution is -2.48. The smallest absolute Gasteiger partial charge is 0.223 e. The van der Waals surface area contributed by atoms with E-state index in [0.717, 1.165) is 29.4 Å².